The van der Waals surface area contributed by atoms with E-state index in [9.17, 15) is 0 Å². The summed E-state index contributed by atoms with van der Waals surface area (Å²) >= 11 is 2.01. The van der Waals surface area contributed by atoms with Gasteiger partial charge in [0.2, 0.25) is 0 Å². The average molecular weight is 920 g/mol. The molecule has 2 nitrogen and oxygen atoms in total. The van der Waals surface area contributed by atoms with E-state index in [2.05, 4.69) is 228 Å². The van der Waals surface area contributed by atoms with Crippen LogP contribution in [0.1, 0.15) is 53.5 Å². The Hall–Kier alpha value is -8.44. The Morgan fingerprint density at radius 3 is 1.48 bits per heavy atom. The summed E-state index contributed by atoms with van der Waals surface area (Å²) in [5, 5.41) is 0. The van der Waals surface area contributed by atoms with Crippen molar-refractivity contribution in [1.82, 2.24) is 0 Å². The van der Waals surface area contributed by atoms with Crippen LogP contribution in [0.4, 0.5) is 34.1 Å². The number of aryl methyl sites for hydroxylation is 1. The molecule has 2 spiro atoms. The first kappa shape index (κ1) is 35.6. The van der Waals surface area contributed by atoms with Gasteiger partial charge in [-0.05, 0) is 138 Å². The Kier molecular flexibility index (Phi) is 6.75. The lowest BCUT2D eigenvalue weighted by molar-refractivity contribution is 0.793. The van der Waals surface area contributed by atoms with Gasteiger partial charge in [0.05, 0.1) is 16.5 Å². The van der Waals surface area contributed by atoms with Gasteiger partial charge >= 0.3 is 0 Å². The number of thiophene rings is 1. The monoisotopic (exact) mass is 919 g/mol. The van der Waals surface area contributed by atoms with Crippen LogP contribution < -0.4 is 25.5 Å². The smallest absolute Gasteiger partial charge is 0.264 e. The van der Waals surface area contributed by atoms with Crippen molar-refractivity contribution in [3.8, 4) is 44.5 Å². The molecule has 11 aromatic rings. The van der Waals surface area contributed by atoms with E-state index in [1.165, 1.54) is 98.7 Å². The van der Waals surface area contributed by atoms with E-state index in [1.807, 2.05) is 23.5 Å². The minimum atomic E-state index is -2.28. The van der Waals surface area contributed by atoms with Crippen LogP contribution in [0, 0.1) is 6.85 Å². The summed E-state index contributed by atoms with van der Waals surface area (Å²) in [7, 11) is 0. The number of nitrogens with zero attached hydrogens (tertiary/aromatic N) is 2. The highest BCUT2D eigenvalue weighted by molar-refractivity contribution is 7.30. The van der Waals surface area contributed by atoms with Gasteiger partial charge in [-0.15, -0.1) is 11.3 Å². The standard InChI is InChI=1S/C67H41BN2S/c1-40-35-36-47-45-25-8-13-28-50(45)66(55(47)37-40)51-29-14-11-26-46(51)49-38-57-60(39-56(49)66)69(41-19-4-2-5-20-41)58-33-18-34-59-62(58)68(57)65-63(70(59)42-21-6-3-7-22-42)61-48-27-12-17-32-54(48)67(64(61)71-65)52-30-15-9-23-43(52)44-24-10-16-31-53(44)67/h2-39H,1H3/i1D3. The van der Waals surface area contributed by atoms with Crippen molar-refractivity contribution in [2.45, 2.75) is 17.7 Å². The van der Waals surface area contributed by atoms with Gasteiger partial charge in [0.25, 0.3) is 6.71 Å². The maximum atomic E-state index is 8.68. The summed E-state index contributed by atoms with van der Waals surface area (Å²) in [4.78, 5) is 6.47. The van der Waals surface area contributed by atoms with Crippen molar-refractivity contribution >= 4 is 67.9 Å². The Bertz CT molecular complexity index is 4250. The second-order valence-electron chi connectivity index (χ2n) is 19.9. The lowest BCUT2D eigenvalue weighted by Crippen LogP contribution is -2.60. The van der Waals surface area contributed by atoms with Gasteiger partial charge in [0, 0.05) is 47.8 Å². The van der Waals surface area contributed by atoms with Crippen molar-refractivity contribution in [2.24, 2.45) is 0 Å². The van der Waals surface area contributed by atoms with Crippen LogP contribution in [-0.2, 0) is 10.8 Å². The Labute approximate surface area is 421 Å². The number of para-hydroxylation sites is 2. The van der Waals surface area contributed by atoms with Crippen LogP contribution in [0.3, 0.4) is 0 Å². The van der Waals surface area contributed by atoms with Crippen LogP contribution >= 0.6 is 11.3 Å². The van der Waals surface area contributed by atoms with E-state index >= 15 is 0 Å². The van der Waals surface area contributed by atoms with Crippen LogP contribution in [0.5, 0.6) is 0 Å². The Balaban J connectivity index is 1.02. The van der Waals surface area contributed by atoms with Crippen molar-refractivity contribution < 1.29 is 4.11 Å². The van der Waals surface area contributed by atoms with Crippen molar-refractivity contribution in [3.05, 3.63) is 280 Å². The van der Waals surface area contributed by atoms with Gasteiger partial charge < -0.3 is 9.80 Å². The zero-order chi connectivity index (χ0) is 48.8. The second-order valence-corrected chi connectivity index (χ2v) is 21.0. The number of benzene rings is 10. The second kappa shape index (κ2) is 13.5. The summed E-state index contributed by atoms with van der Waals surface area (Å²) in [6.07, 6.45) is 0. The third-order valence-corrected chi connectivity index (χ3v) is 18.3. The molecule has 0 fully saturated rings. The molecule has 328 valence electrons. The molecule has 0 saturated heterocycles. The minimum absolute atomic E-state index is 0.128. The predicted octanol–water partition coefficient (Wildman–Crippen LogP) is 14.8. The molecule has 0 amide bonds. The van der Waals surface area contributed by atoms with E-state index < -0.39 is 17.7 Å². The summed E-state index contributed by atoms with van der Waals surface area (Å²) in [5.41, 5.74) is 26.9. The number of rotatable bonds is 2. The van der Waals surface area contributed by atoms with Gasteiger partial charge in [0.15, 0.2) is 0 Å². The number of hydrogen-bond donors (Lipinski definition) is 0. The van der Waals surface area contributed by atoms with E-state index in [0.717, 1.165) is 39.4 Å². The highest BCUT2D eigenvalue weighted by Gasteiger charge is 2.58. The molecule has 1 unspecified atom stereocenters. The molecule has 0 radical (unpaired) electrons. The zero-order valence-corrected chi connectivity index (χ0v) is 39.1. The fourth-order valence-corrected chi connectivity index (χ4v) is 16.2. The van der Waals surface area contributed by atoms with Gasteiger partial charge in [-0.25, -0.2) is 0 Å². The quantitative estimate of drug-likeness (QED) is 0.159. The maximum absolute atomic E-state index is 8.68. The van der Waals surface area contributed by atoms with Gasteiger partial charge in [-0.2, -0.15) is 0 Å². The van der Waals surface area contributed by atoms with Crippen LogP contribution in [-0.4, -0.2) is 6.71 Å². The number of fused-ring (bicyclic) bond motifs is 25. The molecular formula is C67H41BN2S. The van der Waals surface area contributed by atoms with E-state index in [-0.39, 0.29) is 6.71 Å². The lowest BCUT2D eigenvalue weighted by atomic mass is 9.36. The van der Waals surface area contributed by atoms with E-state index in [1.54, 1.807) is 0 Å². The van der Waals surface area contributed by atoms with Crippen LogP contribution in [0.15, 0.2) is 231 Å². The molecule has 10 aromatic carbocycles. The largest absolute Gasteiger partial charge is 0.311 e. The van der Waals surface area contributed by atoms with E-state index in [0.29, 0.717) is 5.56 Å². The minimum Gasteiger partial charge on any atom is -0.311 e. The first-order valence-corrected chi connectivity index (χ1v) is 25.5. The molecule has 0 bridgehead atoms. The number of anilines is 6. The summed E-state index contributed by atoms with van der Waals surface area (Å²) < 4.78 is 27.4. The molecule has 1 aromatic heterocycles. The molecule has 4 aliphatic carbocycles. The maximum Gasteiger partial charge on any atom is 0.264 e. The molecule has 71 heavy (non-hydrogen) atoms. The highest BCUT2D eigenvalue weighted by atomic mass is 32.1. The third kappa shape index (κ3) is 4.45. The van der Waals surface area contributed by atoms with Gasteiger partial charge in [-0.3, -0.25) is 0 Å². The predicted molar refractivity (Wildman–Crippen MR) is 296 cm³/mol. The molecule has 2 aliphatic heterocycles. The topological polar surface area (TPSA) is 6.48 Å². The van der Waals surface area contributed by atoms with Gasteiger partial charge in [-0.1, -0.05) is 194 Å². The molecule has 0 saturated carbocycles. The summed E-state index contributed by atoms with van der Waals surface area (Å²) in [5.74, 6) is 0. The lowest BCUT2D eigenvalue weighted by Gasteiger charge is -2.44. The number of hydrogen-bond acceptors (Lipinski definition) is 3. The van der Waals surface area contributed by atoms with Gasteiger partial charge in [0.1, 0.15) is 0 Å². The highest BCUT2D eigenvalue weighted by Crippen LogP contribution is 2.68. The molecule has 4 heteroatoms. The van der Waals surface area contributed by atoms with Crippen LogP contribution in [0.25, 0.3) is 44.5 Å². The Morgan fingerprint density at radius 1 is 0.394 bits per heavy atom. The molecule has 6 aliphatic rings. The first-order chi connectivity index (χ1) is 36.4. The molecule has 3 heterocycles. The third-order valence-electron chi connectivity index (χ3n) is 16.9. The van der Waals surface area contributed by atoms with E-state index in [4.69, 9.17) is 4.11 Å². The molecule has 0 N–H and O–H groups in total. The average Bonchev–Trinajstić information content (AvgIpc) is 4.22. The fourth-order valence-electron chi connectivity index (χ4n) is 14.5. The summed E-state index contributed by atoms with van der Waals surface area (Å²) in [6.45, 7) is -2.40. The van der Waals surface area contributed by atoms with Crippen molar-refractivity contribution in [1.29, 1.82) is 0 Å². The van der Waals surface area contributed by atoms with Crippen LogP contribution in [0.2, 0.25) is 0 Å². The normalized spacial score (nSPS) is 17.4. The van der Waals surface area contributed by atoms with Crippen molar-refractivity contribution in [3.63, 3.8) is 0 Å². The SMILES string of the molecule is [2H]C([2H])([2H])c1ccc2c(c1)C1(c3ccccc3-2)c2ccccc2-c2cc3c(cc21)N(c1ccccc1)c1cccc2c1B3c1sc3c(c1N2c1ccccc1)-c1ccccc1C31c2ccccc2-c2ccccc21. The first-order valence-electron chi connectivity index (χ1n) is 26.2. The summed E-state index contributed by atoms with van der Waals surface area (Å²) in [6, 6.07) is 84.9. The van der Waals surface area contributed by atoms with Crippen molar-refractivity contribution in [2.75, 3.05) is 9.80 Å². The molecule has 1 atom stereocenters. The molecule has 17 rings (SSSR count). The fraction of sp³-hybridized carbons (Fsp3) is 0.0448. The molecular weight excluding hydrogens is 876 g/mol. The zero-order valence-electron chi connectivity index (χ0n) is 41.3. The Morgan fingerprint density at radius 2 is 0.873 bits per heavy atom.